The summed E-state index contributed by atoms with van der Waals surface area (Å²) in [5.41, 5.74) is -1.96. The summed E-state index contributed by atoms with van der Waals surface area (Å²) in [5, 5.41) is 31.0. The molecule has 6 N–H and O–H groups in total. The van der Waals surface area contributed by atoms with E-state index in [1.54, 1.807) is 90.4 Å². The zero-order chi connectivity index (χ0) is 86.7. The number of amides is 8. The number of methoxy groups -OCH3 is 2. The standard InChI is InChI=1S/C37H67N5O9.C30H54N4O7.C13H25NO4.CH4/c1-16-18-19-24(7)31(51-25(8)43)30(32(44)39-26(17-2)36(48)50-15)42(14)35(47)29(23(5)6)41(13)34(46)28(20-22(3)4)40(12)33(45)27(38-11)21-37(9,10)49;1-13-15-16-20(7)26(41-21(8)35)25(27(36)32-22(14-2)30(39)40-12)34(11)29(38)24(19(5)6)33(10)28(37)23(31-9)17-18(3)4;1-12(2,3)8-9(10(15)16)14(7)11(17)18-13(4,5)6;/h16,18,22-24,26-31,38,49H,17,19-21H2,1-15H3,(H,39,44);13,15,18-20,22-26,31H,14,16-17H2,1-12H3,(H,32,36);9H,8H2,1-7H3,(H,15,16);1H4/b18-16+;15-13+;;/t24-,26+,27+,28+,29+,30+,31-;20-,22+,23+,24+,25+,26-;9-;/m110./s1. The van der Waals surface area contributed by atoms with Gasteiger partial charge in [-0.05, 0) is 155 Å². The van der Waals surface area contributed by atoms with Crippen LogP contribution in [0.3, 0.4) is 0 Å². The van der Waals surface area contributed by atoms with Crippen LogP contribution in [0.15, 0.2) is 24.3 Å². The lowest BCUT2D eigenvalue weighted by Gasteiger charge is -2.41. The van der Waals surface area contributed by atoms with E-state index in [0.29, 0.717) is 32.1 Å². The Labute approximate surface area is 666 Å². The van der Waals surface area contributed by atoms with Crippen molar-refractivity contribution >= 4 is 77.3 Å². The van der Waals surface area contributed by atoms with E-state index in [4.69, 9.17) is 23.7 Å². The van der Waals surface area contributed by atoms with E-state index < -0.39 is 161 Å². The van der Waals surface area contributed by atoms with Crippen LogP contribution < -0.4 is 21.3 Å². The number of hydrogen-bond donors (Lipinski definition) is 6. The van der Waals surface area contributed by atoms with Crippen LogP contribution in [0.1, 0.15) is 225 Å². The van der Waals surface area contributed by atoms with Crippen LogP contribution in [-0.4, -0.2) is 271 Å². The monoisotopic (exact) mass is 1580 g/mol. The number of nitrogens with one attached hydrogen (secondary N) is 4. The number of ether oxygens (including phenoxy) is 5. The highest BCUT2D eigenvalue weighted by molar-refractivity contribution is 5.97. The first kappa shape index (κ1) is 110. The molecule has 0 rings (SSSR count). The lowest BCUT2D eigenvalue weighted by molar-refractivity contribution is -0.164. The molecule has 0 aliphatic heterocycles. The fourth-order valence-corrected chi connectivity index (χ4v) is 12.5. The molecule has 30 heteroatoms. The van der Waals surface area contributed by atoms with Gasteiger partial charge in [0.05, 0.1) is 31.9 Å². The van der Waals surface area contributed by atoms with Gasteiger partial charge in [0.1, 0.15) is 66.1 Å². The lowest BCUT2D eigenvalue weighted by Crippen LogP contribution is -2.63. The number of likely N-dealkylation sites (N-methyl/N-ethyl adjacent to an activating group) is 8. The quantitative estimate of drug-likeness (QED) is 0.0190. The van der Waals surface area contributed by atoms with Gasteiger partial charge in [-0.1, -0.05) is 136 Å². The lowest BCUT2D eigenvalue weighted by atomic mass is 9.87. The van der Waals surface area contributed by atoms with Gasteiger partial charge in [0, 0.05) is 56.1 Å². The average molecular weight is 1580 g/mol. The van der Waals surface area contributed by atoms with E-state index in [0.717, 1.165) is 4.90 Å². The molecule has 0 saturated heterocycles. The third-order valence-corrected chi connectivity index (χ3v) is 18.4. The molecule has 8 amide bonds. The molecule has 0 aromatic heterocycles. The molecule has 0 bridgehead atoms. The van der Waals surface area contributed by atoms with Gasteiger partial charge in [-0.3, -0.25) is 48.1 Å². The Morgan fingerprint density at radius 1 is 0.459 bits per heavy atom. The number of carbonyl (C=O) groups is 13. The number of rotatable bonds is 41. The van der Waals surface area contributed by atoms with Crippen LogP contribution in [0.5, 0.6) is 0 Å². The topological polar surface area (TPSA) is 376 Å². The number of allylic oxidation sites excluding steroid dienone is 4. The van der Waals surface area contributed by atoms with Crippen molar-refractivity contribution in [2.45, 2.75) is 309 Å². The van der Waals surface area contributed by atoms with Gasteiger partial charge >= 0.3 is 35.9 Å². The highest BCUT2D eigenvalue weighted by Gasteiger charge is 2.48. The number of carboxylic acid groups (broad SMARTS) is 1. The SMILES string of the molecule is C.C/C=C/C[C@@H](C)[C@@H](OC(C)=O)[C@@H](C(=O)N[C@@H](CC)C(=O)OC)N(C)C(=O)[C@H](C(C)C)N(C)C(=O)[C@H](CC(C)C)N(C)C(=O)[C@H](CC(C)(C)O)NC.C/C=C/C[C@@H](C)[C@@H](OC(C)=O)[C@@H](C(=O)N[C@@H](CC)C(=O)OC)N(C)C(=O)[C@H](C(C)C)N(C)C(=O)[C@H](CC(C)C)NC.CN(C(=O)OC(C)(C)C)[C@@H](CC(C)(C)C)C(=O)O. The van der Waals surface area contributed by atoms with Crippen molar-refractivity contribution in [3.8, 4) is 0 Å². The molecule has 0 aliphatic rings. The molecule has 0 spiro atoms. The molecule has 0 unspecified atom stereocenters. The molecule has 111 heavy (non-hydrogen) atoms. The summed E-state index contributed by atoms with van der Waals surface area (Å²) >= 11 is 0. The summed E-state index contributed by atoms with van der Waals surface area (Å²) in [6, 6.07) is -9.74. The van der Waals surface area contributed by atoms with E-state index in [1.807, 2.05) is 107 Å². The first-order valence-corrected chi connectivity index (χ1v) is 38.3. The summed E-state index contributed by atoms with van der Waals surface area (Å²) in [6.45, 7) is 42.5. The molecule has 0 aromatic carbocycles. The zero-order valence-corrected chi connectivity index (χ0v) is 73.3. The van der Waals surface area contributed by atoms with E-state index in [9.17, 15) is 72.5 Å². The first-order valence-electron chi connectivity index (χ1n) is 38.3. The van der Waals surface area contributed by atoms with Crippen LogP contribution in [-0.2, 0) is 81.2 Å². The number of aliphatic hydroxyl groups is 1. The Bertz CT molecular complexity index is 2990. The van der Waals surface area contributed by atoms with E-state index >= 15 is 0 Å². The molecular formula is C81H150N10O20. The summed E-state index contributed by atoms with van der Waals surface area (Å²) in [4.78, 5) is 178. The van der Waals surface area contributed by atoms with Gasteiger partial charge in [-0.25, -0.2) is 19.2 Å². The Hall–Kier alpha value is -7.73. The van der Waals surface area contributed by atoms with E-state index in [1.165, 1.54) is 87.8 Å². The minimum atomic E-state index is -1.39. The number of nitrogens with zero attached hydrogens (tertiary/aromatic N) is 6. The average Bonchev–Trinajstić information content (AvgIpc) is 0.798. The second-order valence-corrected chi connectivity index (χ2v) is 32.9. The van der Waals surface area contributed by atoms with Gasteiger partial charge in [-0.15, -0.1) is 0 Å². The van der Waals surface area contributed by atoms with E-state index in [-0.39, 0.29) is 67.6 Å². The minimum Gasteiger partial charge on any atom is -0.480 e. The maximum atomic E-state index is 14.6. The highest BCUT2D eigenvalue weighted by atomic mass is 16.6. The summed E-state index contributed by atoms with van der Waals surface area (Å²) in [7, 11) is 14.7. The normalized spacial score (nSPS) is 15.5. The van der Waals surface area contributed by atoms with Crippen LogP contribution in [0.2, 0.25) is 0 Å². The van der Waals surface area contributed by atoms with E-state index in [2.05, 4.69) is 21.3 Å². The molecule has 0 radical (unpaired) electrons. The number of aliphatic carboxylic acids is 1. The number of carboxylic acids is 1. The first-order chi connectivity index (χ1) is 50.4. The largest absolute Gasteiger partial charge is 0.480 e. The predicted octanol–water partition coefficient (Wildman–Crippen LogP) is 8.43. The zero-order valence-electron chi connectivity index (χ0n) is 73.3. The van der Waals surface area contributed by atoms with Gasteiger partial charge in [0.2, 0.25) is 41.4 Å². The Morgan fingerprint density at radius 3 is 1.07 bits per heavy atom. The molecular weight excluding hydrogens is 1430 g/mol. The molecule has 30 nitrogen and oxygen atoms in total. The molecule has 0 saturated carbocycles. The van der Waals surface area contributed by atoms with Crippen LogP contribution >= 0.6 is 0 Å². The third kappa shape index (κ3) is 38.6. The van der Waals surface area contributed by atoms with Crippen molar-refractivity contribution in [1.29, 1.82) is 0 Å². The summed E-state index contributed by atoms with van der Waals surface area (Å²) < 4.78 is 26.3. The fourth-order valence-electron chi connectivity index (χ4n) is 12.5. The predicted molar refractivity (Wildman–Crippen MR) is 431 cm³/mol. The molecule has 0 fully saturated rings. The number of carbonyl (C=O) groups excluding carboxylic acids is 12. The Kier molecular flexibility index (Phi) is 51.2. The highest BCUT2D eigenvalue weighted by Crippen LogP contribution is 2.29. The van der Waals surface area contributed by atoms with Crippen molar-refractivity contribution in [3.05, 3.63) is 24.3 Å². The van der Waals surface area contributed by atoms with Gasteiger partial charge in [-0.2, -0.15) is 0 Å². The van der Waals surface area contributed by atoms with Crippen molar-refractivity contribution in [3.63, 3.8) is 0 Å². The summed E-state index contributed by atoms with van der Waals surface area (Å²) in [5.74, 6) is -8.49. The van der Waals surface area contributed by atoms with Crippen molar-refractivity contribution in [1.82, 2.24) is 50.7 Å². The molecule has 0 heterocycles. The number of hydrogen-bond acceptors (Lipinski definition) is 21. The Morgan fingerprint density at radius 2 is 0.802 bits per heavy atom. The van der Waals surface area contributed by atoms with Crippen molar-refractivity contribution in [2.24, 2.45) is 40.9 Å². The second kappa shape index (κ2) is 51.8. The molecule has 0 aromatic rings. The van der Waals surface area contributed by atoms with Crippen LogP contribution in [0, 0.1) is 40.9 Å². The van der Waals surface area contributed by atoms with Gasteiger partial charge in [0.25, 0.3) is 0 Å². The maximum Gasteiger partial charge on any atom is 0.410 e. The molecule has 644 valence electrons. The van der Waals surface area contributed by atoms with Crippen molar-refractivity contribution in [2.75, 3.05) is 70.6 Å². The second-order valence-electron chi connectivity index (χ2n) is 32.9. The number of esters is 4. The van der Waals surface area contributed by atoms with Crippen molar-refractivity contribution < 1.29 is 96.2 Å². The van der Waals surface area contributed by atoms with Crippen LogP contribution in [0.4, 0.5) is 4.79 Å². The fraction of sp³-hybridized carbons (Fsp3) is 0.790. The molecule has 0 aliphatic carbocycles. The maximum absolute atomic E-state index is 14.6. The molecule has 14 atom stereocenters. The summed E-state index contributed by atoms with van der Waals surface area (Å²) in [6.07, 6.45) is 7.36. The van der Waals surface area contributed by atoms with Gasteiger partial charge in [0.15, 0.2) is 0 Å². The smallest absolute Gasteiger partial charge is 0.410 e. The van der Waals surface area contributed by atoms with Gasteiger partial charge < -0.3 is 79.7 Å². The van der Waals surface area contributed by atoms with Crippen LogP contribution in [0.25, 0.3) is 0 Å². The third-order valence-electron chi connectivity index (χ3n) is 18.4. The minimum absolute atomic E-state index is 0. The Balaban J connectivity index is -0.000000849.